The van der Waals surface area contributed by atoms with Crippen LogP contribution in [0.2, 0.25) is 0 Å². The zero-order chi connectivity index (χ0) is 24.3. The molecule has 1 unspecified atom stereocenters. The summed E-state index contributed by atoms with van der Waals surface area (Å²) in [6, 6.07) is 16.3. The molecule has 1 aliphatic heterocycles. The van der Waals surface area contributed by atoms with Gasteiger partial charge in [-0.05, 0) is 41.5 Å². The summed E-state index contributed by atoms with van der Waals surface area (Å²) in [5.74, 6) is -1.29. The van der Waals surface area contributed by atoms with E-state index < -0.39 is 23.4 Å². The van der Waals surface area contributed by atoms with Crippen LogP contribution in [0.5, 0.6) is 0 Å². The molecule has 4 rings (SSSR count). The fraction of sp³-hybridized carbons (Fsp3) is 0.444. The highest BCUT2D eigenvalue weighted by Gasteiger charge is 2.41. The maximum absolute atomic E-state index is 12.8. The van der Waals surface area contributed by atoms with Crippen molar-refractivity contribution in [3.05, 3.63) is 59.7 Å². The summed E-state index contributed by atoms with van der Waals surface area (Å²) in [6.45, 7) is 4.90. The van der Waals surface area contributed by atoms with Crippen molar-refractivity contribution in [3.8, 4) is 11.1 Å². The van der Waals surface area contributed by atoms with Gasteiger partial charge in [0, 0.05) is 25.6 Å². The van der Waals surface area contributed by atoms with E-state index in [0.717, 1.165) is 11.1 Å². The van der Waals surface area contributed by atoms with E-state index in [1.165, 1.54) is 11.1 Å². The lowest BCUT2D eigenvalue weighted by atomic mass is 9.76. The zero-order valence-corrected chi connectivity index (χ0v) is 19.8. The minimum Gasteiger partial charge on any atom is -0.481 e. The number of rotatable bonds is 7. The normalized spacial score (nSPS) is 17.4. The Balaban J connectivity index is 1.27. The van der Waals surface area contributed by atoms with Gasteiger partial charge in [-0.1, -0.05) is 62.4 Å². The first kappa shape index (κ1) is 23.8. The monoisotopic (exact) mass is 464 g/mol. The van der Waals surface area contributed by atoms with Gasteiger partial charge in [-0.15, -0.1) is 0 Å². The maximum Gasteiger partial charge on any atom is 0.407 e. The Morgan fingerprint density at radius 1 is 1.06 bits per heavy atom. The van der Waals surface area contributed by atoms with Crippen molar-refractivity contribution in [2.75, 3.05) is 26.2 Å². The van der Waals surface area contributed by atoms with Crippen LogP contribution >= 0.6 is 0 Å². The summed E-state index contributed by atoms with van der Waals surface area (Å²) < 4.78 is 5.54. The molecule has 34 heavy (non-hydrogen) atoms. The summed E-state index contributed by atoms with van der Waals surface area (Å²) in [7, 11) is 0. The Morgan fingerprint density at radius 3 is 2.15 bits per heavy atom. The molecule has 0 radical (unpaired) electrons. The highest BCUT2D eigenvalue weighted by Crippen LogP contribution is 2.44. The number of hydrogen-bond donors (Lipinski definition) is 2. The van der Waals surface area contributed by atoms with Crippen LogP contribution in [0, 0.1) is 11.3 Å². The van der Waals surface area contributed by atoms with Crippen LogP contribution in [0.1, 0.15) is 50.2 Å². The van der Waals surface area contributed by atoms with Gasteiger partial charge < -0.3 is 20.1 Å². The molecule has 1 aliphatic carbocycles. The van der Waals surface area contributed by atoms with E-state index in [1.807, 2.05) is 31.2 Å². The Kier molecular flexibility index (Phi) is 6.91. The average Bonchev–Trinajstić information content (AvgIpc) is 3.19. The third kappa shape index (κ3) is 4.52. The Bertz CT molecular complexity index is 1030. The third-order valence-electron chi connectivity index (χ3n) is 7.48. The molecule has 7 heteroatoms. The molecule has 1 heterocycles. The van der Waals surface area contributed by atoms with Crippen molar-refractivity contribution >= 4 is 18.0 Å². The largest absolute Gasteiger partial charge is 0.481 e. The smallest absolute Gasteiger partial charge is 0.407 e. The number of nitrogens with zero attached hydrogens (tertiary/aromatic N) is 1. The number of ether oxygens (including phenoxy) is 1. The number of benzene rings is 2. The number of alkyl carbamates (subject to hydrolysis) is 1. The lowest BCUT2D eigenvalue weighted by Crippen LogP contribution is -2.49. The van der Waals surface area contributed by atoms with Crippen LogP contribution in [0.15, 0.2) is 48.5 Å². The van der Waals surface area contributed by atoms with Gasteiger partial charge in [0.2, 0.25) is 5.91 Å². The first-order valence-electron chi connectivity index (χ1n) is 12.0. The van der Waals surface area contributed by atoms with E-state index in [0.29, 0.717) is 32.4 Å². The van der Waals surface area contributed by atoms with Gasteiger partial charge in [0.25, 0.3) is 0 Å². The Labute approximate surface area is 200 Å². The van der Waals surface area contributed by atoms with Crippen LogP contribution < -0.4 is 5.32 Å². The van der Waals surface area contributed by atoms with Crippen molar-refractivity contribution in [2.24, 2.45) is 11.3 Å². The molecule has 2 aliphatic rings. The number of hydrogen-bond acceptors (Lipinski definition) is 4. The fourth-order valence-corrected chi connectivity index (χ4v) is 5.16. The number of likely N-dealkylation sites (tertiary alicyclic amines) is 1. The number of carboxylic acids is 1. The average molecular weight is 465 g/mol. The molecule has 0 spiro atoms. The summed E-state index contributed by atoms with van der Waals surface area (Å²) >= 11 is 0. The summed E-state index contributed by atoms with van der Waals surface area (Å²) in [6.07, 6.45) is 0.924. The third-order valence-corrected chi connectivity index (χ3v) is 7.48. The predicted octanol–water partition coefficient (Wildman–Crippen LogP) is 4.26. The molecule has 7 nitrogen and oxygen atoms in total. The Hall–Kier alpha value is -3.35. The molecule has 2 aromatic rings. The minimum absolute atomic E-state index is 0.0152. The van der Waals surface area contributed by atoms with E-state index in [-0.39, 0.29) is 25.0 Å². The lowest BCUT2D eigenvalue weighted by Gasteiger charge is -2.39. The minimum atomic E-state index is -0.785. The van der Waals surface area contributed by atoms with Crippen LogP contribution in [0.25, 0.3) is 11.1 Å². The number of carboxylic acid groups (broad SMARTS) is 1. The molecule has 1 atom stereocenters. The van der Waals surface area contributed by atoms with Gasteiger partial charge in [-0.25, -0.2) is 4.79 Å². The summed E-state index contributed by atoms with van der Waals surface area (Å²) in [5.41, 5.74) is 3.90. The van der Waals surface area contributed by atoms with Crippen molar-refractivity contribution in [1.82, 2.24) is 10.2 Å². The predicted molar refractivity (Wildman–Crippen MR) is 128 cm³/mol. The Morgan fingerprint density at radius 2 is 1.62 bits per heavy atom. The van der Waals surface area contributed by atoms with E-state index in [1.54, 1.807) is 11.8 Å². The lowest BCUT2D eigenvalue weighted by molar-refractivity contribution is -0.155. The second-order valence-electron chi connectivity index (χ2n) is 9.37. The fourth-order valence-electron chi connectivity index (χ4n) is 5.16. The topological polar surface area (TPSA) is 95.9 Å². The number of carbonyl (C=O) groups is 3. The van der Waals surface area contributed by atoms with Crippen molar-refractivity contribution in [1.29, 1.82) is 0 Å². The molecule has 2 aromatic carbocycles. The quantitative estimate of drug-likeness (QED) is 0.638. The van der Waals surface area contributed by atoms with E-state index in [2.05, 4.69) is 29.6 Å². The molecule has 0 saturated carbocycles. The van der Waals surface area contributed by atoms with Gasteiger partial charge in [-0.3, -0.25) is 9.59 Å². The van der Waals surface area contributed by atoms with E-state index >= 15 is 0 Å². The van der Waals surface area contributed by atoms with Crippen LogP contribution in [-0.4, -0.2) is 54.2 Å². The van der Waals surface area contributed by atoms with Gasteiger partial charge in [0.15, 0.2) is 0 Å². The van der Waals surface area contributed by atoms with Gasteiger partial charge in [-0.2, -0.15) is 0 Å². The summed E-state index contributed by atoms with van der Waals surface area (Å²) in [4.78, 5) is 38.5. The first-order chi connectivity index (χ1) is 16.4. The molecule has 1 fully saturated rings. The molecular formula is C27H32N2O5. The molecular weight excluding hydrogens is 432 g/mol. The number of fused-ring (bicyclic) bond motifs is 3. The van der Waals surface area contributed by atoms with Crippen LogP contribution in [0.4, 0.5) is 4.79 Å². The van der Waals surface area contributed by atoms with Gasteiger partial charge in [0.1, 0.15) is 6.61 Å². The standard InChI is InChI=1S/C27H32N2O5/c1-3-27(25(31)32)12-14-29(15-13-27)24(30)18(2)16-28-26(33)34-17-23-21-10-6-4-8-19(21)20-9-5-7-11-22(20)23/h4-11,18,23H,3,12-17H2,1-2H3,(H,28,33)(H,31,32). The molecule has 1 saturated heterocycles. The van der Waals surface area contributed by atoms with Crippen LogP contribution in [-0.2, 0) is 14.3 Å². The van der Waals surface area contributed by atoms with Crippen molar-refractivity contribution < 1.29 is 24.2 Å². The molecule has 2 amide bonds. The highest BCUT2D eigenvalue weighted by molar-refractivity contribution is 5.81. The zero-order valence-electron chi connectivity index (χ0n) is 19.8. The second-order valence-corrected chi connectivity index (χ2v) is 9.37. The number of amides is 2. The summed E-state index contributed by atoms with van der Waals surface area (Å²) in [5, 5.41) is 12.3. The van der Waals surface area contributed by atoms with Crippen LogP contribution in [0.3, 0.4) is 0 Å². The molecule has 0 aromatic heterocycles. The van der Waals surface area contributed by atoms with Crippen molar-refractivity contribution in [2.45, 2.75) is 39.0 Å². The van der Waals surface area contributed by atoms with E-state index in [4.69, 9.17) is 4.74 Å². The van der Waals surface area contributed by atoms with E-state index in [9.17, 15) is 19.5 Å². The molecule has 0 bridgehead atoms. The number of carbonyl (C=O) groups excluding carboxylic acids is 2. The molecule has 180 valence electrons. The second kappa shape index (κ2) is 9.87. The molecule has 2 N–H and O–H groups in total. The van der Waals surface area contributed by atoms with Gasteiger partial charge in [0.05, 0.1) is 11.3 Å². The number of piperidine rings is 1. The first-order valence-corrected chi connectivity index (χ1v) is 12.0. The number of aliphatic carboxylic acids is 1. The highest BCUT2D eigenvalue weighted by atomic mass is 16.5. The van der Waals surface area contributed by atoms with Gasteiger partial charge >= 0.3 is 12.1 Å². The SMILES string of the molecule is CCC1(C(=O)O)CCN(C(=O)C(C)CNC(=O)OCC2c3ccccc3-c3ccccc32)CC1. The van der Waals surface area contributed by atoms with Crippen molar-refractivity contribution in [3.63, 3.8) is 0 Å². The number of nitrogens with one attached hydrogen (secondary N) is 1. The maximum atomic E-state index is 12.8.